The van der Waals surface area contributed by atoms with E-state index in [-0.39, 0.29) is 0 Å². The number of nitrogens with zero attached hydrogens (tertiary/aromatic N) is 2. The van der Waals surface area contributed by atoms with Crippen LogP contribution in [0.5, 0.6) is 0 Å². The summed E-state index contributed by atoms with van der Waals surface area (Å²) >= 11 is 3.76. The van der Waals surface area contributed by atoms with Gasteiger partial charge >= 0.3 is 0 Å². The summed E-state index contributed by atoms with van der Waals surface area (Å²) in [5.74, 6) is 0.878. The molecule has 3 nitrogen and oxygen atoms in total. The highest BCUT2D eigenvalue weighted by Gasteiger charge is 2.32. The fourth-order valence-electron chi connectivity index (χ4n) is 2.65. The number of hydrogen-bond acceptors (Lipinski definition) is 2. The van der Waals surface area contributed by atoms with Gasteiger partial charge in [0.05, 0.1) is 15.9 Å². The predicted molar refractivity (Wildman–Crippen MR) is 83.5 cm³/mol. The number of aryl methyl sites for hydroxylation is 2. The average Bonchev–Trinajstić information content (AvgIpc) is 3.21. The third-order valence-corrected chi connectivity index (χ3v) is 4.87. The molecule has 2 rings (SSSR count). The zero-order chi connectivity index (χ0) is 13.8. The molecule has 4 heteroatoms. The lowest BCUT2D eigenvalue weighted by atomic mass is 10.1. The second-order valence-corrected chi connectivity index (χ2v) is 6.27. The van der Waals surface area contributed by atoms with Gasteiger partial charge in [-0.3, -0.25) is 4.68 Å². The zero-order valence-corrected chi connectivity index (χ0v) is 14.0. The van der Waals surface area contributed by atoms with Crippen molar-refractivity contribution < 1.29 is 0 Å². The van der Waals surface area contributed by atoms with Crippen molar-refractivity contribution in [2.45, 2.75) is 65.5 Å². The maximum atomic E-state index is 4.70. The van der Waals surface area contributed by atoms with Crippen LogP contribution in [-0.2, 0) is 19.4 Å². The van der Waals surface area contributed by atoms with Gasteiger partial charge in [-0.2, -0.15) is 5.10 Å². The van der Waals surface area contributed by atoms with E-state index in [2.05, 4.69) is 46.7 Å². The molecule has 1 fully saturated rings. The van der Waals surface area contributed by atoms with E-state index in [9.17, 15) is 0 Å². The van der Waals surface area contributed by atoms with Crippen LogP contribution in [0.3, 0.4) is 0 Å². The fraction of sp³-hybridized carbons (Fsp3) is 0.800. The number of nitrogens with one attached hydrogen (secondary N) is 1. The topological polar surface area (TPSA) is 29.9 Å². The Morgan fingerprint density at radius 1 is 1.37 bits per heavy atom. The van der Waals surface area contributed by atoms with Gasteiger partial charge in [0.15, 0.2) is 0 Å². The molecule has 0 aliphatic heterocycles. The third kappa shape index (κ3) is 3.60. The van der Waals surface area contributed by atoms with Gasteiger partial charge in [0, 0.05) is 19.0 Å². The van der Waals surface area contributed by atoms with Crippen molar-refractivity contribution in [1.29, 1.82) is 0 Å². The van der Waals surface area contributed by atoms with E-state index < -0.39 is 0 Å². The molecule has 0 saturated heterocycles. The third-order valence-electron chi connectivity index (χ3n) is 3.95. The summed E-state index contributed by atoms with van der Waals surface area (Å²) in [4.78, 5) is 0. The Balaban J connectivity index is 2.13. The summed E-state index contributed by atoms with van der Waals surface area (Å²) in [6.07, 6.45) is 6.08. The van der Waals surface area contributed by atoms with Gasteiger partial charge in [-0.15, -0.1) is 0 Å². The van der Waals surface area contributed by atoms with E-state index in [1.54, 1.807) is 0 Å². The highest BCUT2D eigenvalue weighted by molar-refractivity contribution is 9.10. The minimum absolute atomic E-state index is 0.628. The number of aromatic nitrogens is 2. The monoisotopic (exact) mass is 327 g/mol. The van der Waals surface area contributed by atoms with Crippen LogP contribution >= 0.6 is 15.9 Å². The maximum Gasteiger partial charge on any atom is 0.0766 e. The Morgan fingerprint density at radius 3 is 2.63 bits per heavy atom. The normalized spacial score (nSPS) is 16.8. The smallest absolute Gasteiger partial charge is 0.0766 e. The quantitative estimate of drug-likeness (QED) is 0.791. The Kier molecular flexibility index (Phi) is 5.46. The second-order valence-electron chi connectivity index (χ2n) is 5.48. The van der Waals surface area contributed by atoms with Gasteiger partial charge in [-0.1, -0.05) is 13.8 Å². The van der Waals surface area contributed by atoms with Crippen LogP contribution < -0.4 is 5.32 Å². The van der Waals surface area contributed by atoms with E-state index in [4.69, 9.17) is 5.10 Å². The summed E-state index contributed by atoms with van der Waals surface area (Å²) in [6, 6.07) is 0.628. The van der Waals surface area contributed by atoms with Crippen LogP contribution in [0, 0.1) is 5.92 Å². The van der Waals surface area contributed by atoms with Crippen LogP contribution in [0.1, 0.15) is 51.4 Å². The molecule has 0 spiro atoms. The van der Waals surface area contributed by atoms with Gasteiger partial charge < -0.3 is 5.32 Å². The van der Waals surface area contributed by atoms with Crippen LogP contribution in [-0.4, -0.2) is 22.4 Å². The van der Waals surface area contributed by atoms with Crippen molar-refractivity contribution in [3.8, 4) is 0 Å². The van der Waals surface area contributed by atoms with Gasteiger partial charge in [-0.25, -0.2) is 0 Å². The molecule has 0 aromatic carbocycles. The van der Waals surface area contributed by atoms with Crippen molar-refractivity contribution in [3.05, 3.63) is 15.9 Å². The predicted octanol–water partition coefficient (Wildman–Crippen LogP) is 3.55. The van der Waals surface area contributed by atoms with Gasteiger partial charge in [0.1, 0.15) is 0 Å². The first kappa shape index (κ1) is 15.0. The average molecular weight is 328 g/mol. The first-order chi connectivity index (χ1) is 9.21. The molecule has 1 aliphatic carbocycles. The molecule has 0 bridgehead atoms. The number of hydrogen-bond donors (Lipinski definition) is 1. The van der Waals surface area contributed by atoms with E-state index >= 15 is 0 Å². The highest BCUT2D eigenvalue weighted by Crippen LogP contribution is 2.35. The molecule has 1 heterocycles. The molecular weight excluding hydrogens is 302 g/mol. The minimum Gasteiger partial charge on any atom is -0.313 e. The molecule has 1 aliphatic rings. The molecule has 1 atom stereocenters. The van der Waals surface area contributed by atoms with Crippen molar-refractivity contribution in [2.75, 3.05) is 6.54 Å². The van der Waals surface area contributed by atoms with Crippen LogP contribution in [0.15, 0.2) is 4.47 Å². The molecule has 1 unspecified atom stereocenters. The van der Waals surface area contributed by atoms with E-state index in [0.29, 0.717) is 6.04 Å². The highest BCUT2D eigenvalue weighted by atomic mass is 79.9. The maximum absolute atomic E-state index is 4.70. The van der Waals surface area contributed by atoms with Gasteiger partial charge in [0.2, 0.25) is 0 Å². The molecule has 108 valence electrons. The SMILES string of the molecule is CCCNC(Cc1c(Br)c(CC)nn1CC)C1CC1. The van der Waals surface area contributed by atoms with E-state index in [0.717, 1.165) is 31.8 Å². The zero-order valence-electron chi connectivity index (χ0n) is 12.4. The molecule has 1 aromatic rings. The lowest BCUT2D eigenvalue weighted by Gasteiger charge is -2.18. The van der Waals surface area contributed by atoms with Crippen LogP contribution in [0.4, 0.5) is 0 Å². The van der Waals surface area contributed by atoms with Crippen molar-refractivity contribution >= 4 is 15.9 Å². The standard InChI is InChI=1S/C15H26BrN3/c1-4-9-17-13(11-7-8-11)10-14-15(16)12(5-2)18-19(14)6-3/h11,13,17H,4-10H2,1-3H3. The molecule has 1 N–H and O–H groups in total. The molecular formula is C15H26BrN3. The van der Waals surface area contributed by atoms with Crippen LogP contribution in [0.25, 0.3) is 0 Å². The van der Waals surface area contributed by atoms with E-state index in [1.165, 1.54) is 35.1 Å². The second kappa shape index (κ2) is 6.89. The Hall–Kier alpha value is -0.350. The van der Waals surface area contributed by atoms with Crippen molar-refractivity contribution in [2.24, 2.45) is 5.92 Å². The Bertz CT molecular complexity index is 410. The number of halogens is 1. The summed E-state index contributed by atoms with van der Waals surface area (Å²) < 4.78 is 3.41. The fourth-order valence-corrected chi connectivity index (χ4v) is 3.38. The summed E-state index contributed by atoms with van der Waals surface area (Å²) in [5.41, 5.74) is 2.57. The summed E-state index contributed by atoms with van der Waals surface area (Å²) in [7, 11) is 0. The first-order valence-electron chi connectivity index (χ1n) is 7.68. The molecule has 0 radical (unpaired) electrons. The van der Waals surface area contributed by atoms with Gasteiger partial charge in [0.25, 0.3) is 0 Å². The number of rotatable bonds is 8. The minimum atomic E-state index is 0.628. The molecule has 1 saturated carbocycles. The molecule has 1 aromatic heterocycles. The van der Waals surface area contributed by atoms with Crippen LogP contribution in [0.2, 0.25) is 0 Å². The summed E-state index contributed by atoms with van der Waals surface area (Å²) in [6.45, 7) is 8.66. The lowest BCUT2D eigenvalue weighted by Crippen LogP contribution is -2.34. The largest absolute Gasteiger partial charge is 0.313 e. The molecule has 0 amide bonds. The molecule has 19 heavy (non-hydrogen) atoms. The Morgan fingerprint density at radius 2 is 2.11 bits per heavy atom. The first-order valence-corrected chi connectivity index (χ1v) is 8.47. The van der Waals surface area contributed by atoms with Gasteiger partial charge in [-0.05, 0) is 61.0 Å². The van der Waals surface area contributed by atoms with Crippen molar-refractivity contribution in [3.63, 3.8) is 0 Å². The lowest BCUT2D eigenvalue weighted by molar-refractivity contribution is 0.443. The van der Waals surface area contributed by atoms with Crippen molar-refractivity contribution in [1.82, 2.24) is 15.1 Å². The summed E-state index contributed by atoms with van der Waals surface area (Å²) in [5, 5.41) is 8.43. The van der Waals surface area contributed by atoms with E-state index in [1.807, 2.05) is 0 Å². The Labute approximate surface area is 125 Å².